The average Bonchev–Trinajstić information content (AvgIpc) is 3.32. The average molecular weight is 463 g/mol. The van der Waals surface area contributed by atoms with Gasteiger partial charge in [0.25, 0.3) is 5.91 Å². The van der Waals surface area contributed by atoms with Gasteiger partial charge in [0.1, 0.15) is 17.6 Å². The summed E-state index contributed by atoms with van der Waals surface area (Å²) in [5.41, 5.74) is 2.02. The molecule has 1 aromatic carbocycles. The first-order valence-corrected chi connectivity index (χ1v) is 11.8. The molecule has 1 saturated carbocycles. The van der Waals surface area contributed by atoms with Crippen molar-refractivity contribution in [1.82, 2.24) is 30.6 Å². The zero-order valence-corrected chi connectivity index (χ0v) is 19.5. The molecule has 0 saturated heterocycles. The van der Waals surface area contributed by atoms with Crippen molar-refractivity contribution in [3.05, 3.63) is 42.0 Å². The first kappa shape index (κ1) is 22.1. The maximum Gasteiger partial charge on any atom is 0.270 e. The van der Waals surface area contributed by atoms with Crippen molar-refractivity contribution in [2.75, 3.05) is 30.9 Å². The summed E-state index contributed by atoms with van der Waals surface area (Å²) in [7, 11) is 3.98. The molecule has 1 fully saturated rings. The topological polar surface area (TPSA) is 128 Å². The summed E-state index contributed by atoms with van der Waals surface area (Å²) in [6, 6.07) is 7.78. The van der Waals surface area contributed by atoms with E-state index in [1.165, 1.54) is 6.33 Å². The molecule has 2 amide bonds. The Labute approximate surface area is 198 Å². The van der Waals surface area contributed by atoms with Crippen LogP contribution in [0.2, 0.25) is 0 Å². The second-order valence-electron chi connectivity index (χ2n) is 9.34. The summed E-state index contributed by atoms with van der Waals surface area (Å²) in [6.07, 6.45) is 5.89. The molecule has 34 heavy (non-hydrogen) atoms. The Bertz CT molecular complexity index is 1200. The highest BCUT2D eigenvalue weighted by Gasteiger charge is 2.31. The molecule has 5 rings (SSSR count). The number of benzene rings is 1. The SMILES string of the molecule is CN(C)c1nc(N[C@H]2CC[C@@H](CNC(=O)C3Cc4nc[nH]c4C(=O)N3)CC2)nc2ccccc12. The van der Waals surface area contributed by atoms with Crippen LogP contribution in [-0.4, -0.2) is 64.5 Å². The number of nitrogens with zero attached hydrogens (tertiary/aromatic N) is 4. The number of hydrogen-bond donors (Lipinski definition) is 4. The van der Waals surface area contributed by atoms with E-state index < -0.39 is 6.04 Å². The van der Waals surface area contributed by atoms with Crippen molar-refractivity contribution in [2.45, 2.75) is 44.2 Å². The normalized spacial score (nSPS) is 22.1. The number of imidazole rings is 1. The first-order chi connectivity index (χ1) is 16.5. The van der Waals surface area contributed by atoms with Crippen molar-refractivity contribution >= 4 is 34.5 Å². The molecule has 0 bridgehead atoms. The number of anilines is 2. The zero-order chi connectivity index (χ0) is 23.7. The van der Waals surface area contributed by atoms with Gasteiger partial charge in [0.2, 0.25) is 11.9 Å². The van der Waals surface area contributed by atoms with E-state index in [0.29, 0.717) is 42.3 Å². The molecular weight excluding hydrogens is 432 g/mol. The molecule has 1 atom stereocenters. The van der Waals surface area contributed by atoms with Crippen LogP contribution in [0.3, 0.4) is 0 Å². The lowest BCUT2D eigenvalue weighted by Gasteiger charge is -2.30. The summed E-state index contributed by atoms with van der Waals surface area (Å²) in [6.45, 7) is 0.614. The van der Waals surface area contributed by atoms with Gasteiger partial charge >= 0.3 is 0 Å². The largest absolute Gasteiger partial charge is 0.362 e. The van der Waals surface area contributed by atoms with Gasteiger partial charge in [-0.25, -0.2) is 9.97 Å². The smallest absolute Gasteiger partial charge is 0.270 e. The van der Waals surface area contributed by atoms with Crippen LogP contribution in [0.4, 0.5) is 11.8 Å². The van der Waals surface area contributed by atoms with Crippen LogP contribution in [0, 0.1) is 5.92 Å². The van der Waals surface area contributed by atoms with Gasteiger partial charge in [-0.1, -0.05) is 12.1 Å². The zero-order valence-electron chi connectivity index (χ0n) is 19.5. The van der Waals surface area contributed by atoms with Gasteiger partial charge in [-0.15, -0.1) is 0 Å². The van der Waals surface area contributed by atoms with Gasteiger partial charge in [-0.2, -0.15) is 4.98 Å². The molecule has 0 spiro atoms. The number of aromatic nitrogens is 4. The van der Waals surface area contributed by atoms with E-state index in [1.54, 1.807) is 0 Å². The highest BCUT2D eigenvalue weighted by Crippen LogP contribution is 2.28. The molecule has 178 valence electrons. The Morgan fingerprint density at radius 1 is 1.15 bits per heavy atom. The monoisotopic (exact) mass is 462 g/mol. The first-order valence-electron chi connectivity index (χ1n) is 11.8. The lowest BCUT2D eigenvalue weighted by molar-refractivity contribution is -0.123. The van der Waals surface area contributed by atoms with Crippen molar-refractivity contribution in [3.63, 3.8) is 0 Å². The van der Waals surface area contributed by atoms with Crippen molar-refractivity contribution in [3.8, 4) is 0 Å². The van der Waals surface area contributed by atoms with Crippen molar-refractivity contribution < 1.29 is 9.59 Å². The number of H-pyrrole nitrogens is 1. The van der Waals surface area contributed by atoms with Crippen LogP contribution in [0.15, 0.2) is 30.6 Å². The van der Waals surface area contributed by atoms with Crippen LogP contribution >= 0.6 is 0 Å². The van der Waals surface area contributed by atoms with Crippen LogP contribution in [-0.2, 0) is 11.2 Å². The minimum atomic E-state index is -0.572. The molecule has 1 unspecified atom stereocenters. The number of aromatic amines is 1. The number of para-hydroxylation sites is 1. The van der Waals surface area contributed by atoms with Crippen molar-refractivity contribution in [2.24, 2.45) is 5.92 Å². The number of hydrogen-bond acceptors (Lipinski definition) is 7. The van der Waals surface area contributed by atoms with E-state index >= 15 is 0 Å². The van der Waals surface area contributed by atoms with Crippen LogP contribution < -0.4 is 20.9 Å². The van der Waals surface area contributed by atoms with E-state index in [0.717, 1.165) is 42.4 Å². The number of nitrogens with one attached hydrogen (secondary N) is 4. The van der Waals surface area contributed by atoms with Gasteiger partial charge in [-0.3, -0.25) is 9.59 Å². The number of amides is 2. The third-order valence-corrected chi connectivity index (χ3v) is 6.72. The van der Waals surface area contributed by atoms with Gasteiger partial charge in [0.15, 0.2) is 0 Å². The molecule has 10 heteroatoms. The van der Waals surface area contributed by atoms with Crippen molar-refractivity contribution in [1.29, 1.82) is 0 Å². The Morgan fingerprint density at radius 2 is 1.94 bits per heavy atom. The fourth-order valence-electron chi connectivity index (χ4n) is 4.83. The molecule has 3 heterocycles. The third-order valence-electron chi connectivity index (χ3n) is 6.72. The molecule has 10 nitrogen and oxygen atoms in total. The lowest BCUT2D eigenvalue weighted by Crippen LogP contribution is -2.51. The highest BCUT2D eigenvalue weighted by molar-refractivity contribution is 5.99. The molecule has 3 aromatic rings. The Kier molecular flexibility index (Phi) is 6.04. The maximum atomic E-state index is 12.6. The highest BCUT2D eigenvalue weighted by atomic mass is 16.2. The second-order valence-corrected chi connectivity index (χ2v) is 9.34. The van der Waals surface area contributed by atoms with Gasteiger partial charge in [-0.05, 0) is 43.7 Å². The van der Waals surface area contributed by atoms with Crippen LogP contribution in [0.25, 0.3) is 10.9 Å². The molecule has 1 aliphatic carbocycles. The molecule has 4 N–H and O–H groups in total. The predicted molar refractivity (Wildman–Crippen MR) is 130 cm³/mol. The van der Waals surface area contributed by atoms with Gasteiger partial charge in [0, 0.05) is 38.5 Å². The fraction of sp³-hybridized carbons (Fsp3) is 0.458. The lowest BCUT2D eigenvalue weighted by atomic mass is 9.86. The number of carbonyl (C=O) groups is 2. The van der Waals surface area contributed by atoms with Crippen LogP contribution in [0.5, 0.6) is 0 Å². The minimum absolute atomic E-state index is 0.150. The Hall–Kier alpha value is -3.69. The van der Waals surface area contributed by atoms with Gasteiger partial charge in [0.05, 0.1) is 17.5 Å². The molecule has 0 radical (unpaired) electrons. The molecule has 1 aliphatic heterocycles. The molecule has 2 aromatic heterocycles. The summed E-state index contributed by atoms with van der Waals surface area (Å²) in [5, 5.41) is 10.3. The maximum absolute atomic E-state index is 12.6. The summed E-state index contributed by atoms with van der Waals surface area (Å²) in [5.74, 6) is 1.55. The number of fused-ring (bicyclic) bond motifs is 2. The quantitative estimate of drug-likeness (QED) is 0.440. The predicted octanol–water partition coefficient (Wildman–Crippen LogP) is 1.86. The van der Waals surface area contributed by atoms with E-state index in [2.05, 4.69) is 25.9 Å². The summed E-state index contributed by atoms with van der Waals surface area (Å²) in [4.78, 5) is 43.2. The standard InChI is InChI=1S/C24H30N8O2/c1-32(2)21-16-5-3-4-6-17(16)30-24(31-21)28-15-9-7-14(8-10-15)12-25-22(33)19-11-18-20(23(34)29-19)27-13-26-18/h3-6,13-15,19H,7-12H2,1-2H3,(H,25,33)(H,26,27)(H,29,34)(H,28,30,31)/t14-,15+,19?. The second kappa shape index (κ2) is 9.28. The number of carbonyl (C=O) groups excluding carboxylic acids is 2. The Balaban J connectivity index is 1.12. The van der Waals surface area contributed by atoms with E-state index in [4.69, 9.17) is 9.97 Å². The van der Waals surface area contributed by atoms with E-state index in [9.17, 15) is 9.59 Å². The van der Waals surface area contributed by atoms with E-state index in [-0.39, 0.29) is 11.8 Å². The Morgan fingerprint density at radius 3 is 2.74 bits per heavy atom. The number of rotatable bonds is 6. The van der Waals surface area contributed by atoms with Crippen LogP contribution in [0.1, 0.15) is 41.9 Å². The molecular formula is C24H30N8O2. The third kappa shape index (κ3) is 4.52. The summed E-state index contributed by atoms with van der Waals surface area (Å²) < 4.78 is 0. The molecule has 2 aliphatic rings. The summed E-state index contributed by atoms with van der Waals surface area (Å²) >= 11 is 0. The van der Waals surface area contributed by atoms with E-state index in [1.807, 2.05) is 43.3 Å². The fourth-order valence-corrected chi connectivity index (χ4v) is 4.83. The van der Waals surface area contributed by atoms with Gasteiger partial charge < -0.3 is 25.8 Å². The minimum Gasteiger partial charge on any atom is -0.362 e.